The Morgan fingerprint density at radius 1 is 1.53 bits per heavy atom. The zero-order chi connectivity index (χ0) is 13.8. The van der Waals surface area contributed by atoms with Crippen LogP contribution in [0.2, 0.25) is 5.02 Å². The summed E-state index contributed by atoms with van der Waals surface area (Å²) in [5, 5.41) is 20.2. The van der Waals surface area contributed by atoms with Crippen LogP contribution in [0.4, 0.5) is 0 Å². The Bertz CT molecular complexity index is 636. The minimum absolute atomic E-state index is 0.0259. The number of rotatable bonds is 3. The molecule has 2 aromatic rings. The molecular formula is C12H11ClN4O2. The molecular weight excluding hydrogens is 268 g/mol. The minimum Gasteiger partial charge on any atom is -0.507 e. The molecule has 0 spiro atoms. The summed E-state index contributed by atoms with van der Waals surface area (Å²) < 4.78 is 0. The smallest absolute Gasteiger partial charge is 0.291 e. The number of halogens is 1. The summed E-state index contributed by atoms with van der Waals surface area (Å²) in [6.07, 6.45) is 1.30. The second-order valence-corrected chi connectivity index (χ2v) is 4.27. The van der Waals surface area contributed by atoms with Crippen molar-refractivity contribution >= 4 is 23.7 Å². The van der Waals surface area contributed by atoms with Crippen LogP contribution in [0.1, 0.15) is 21.7 Å². The van der Waals surface area contributed by atoms with Gasteiger partial charge < -0.3 is 5.11 Å². The lowest BCUT2D eigenvalue weighted by Crippen LogP contribution is -2.18. The first kappa shape index (κ1) is 13.1. The number of phenols is 1. The number of H-pyrrole nitrogens is 1. The third kappa shape index (κ3) is 3.32. The molecule has 3 N–H and O–H groups in total. The second kappa shape index (κ2) is 5.53. The second-order valence-electron chi connectivity index (χ2n) is 3.84. The Balaban J connectivity index is 2.04. The van der Waals surface area contributed by atoms with Crippen molar-refractivity contribution in [2.75, 3.05) is 0 Å². The fourth-order valence-electron chi connectivity index (χ4n) is 1.38. The number of aromatic amines is 1. The standard InChI is InChI=1S/C12H11ClN4O2/c1-7-4-10(16-15-7)12(19)17-14-6-8-5-9(13)2-3-11(8)18/h2-6,18H,1H3,(H,15,16)(H,17,19)/b14-6+. The largest absolute Gasteiger partial charge is 0.507 e. The average molecular weight is 279 g/mol. The average Bonchev–Trinajstić information content (AvgIpc) is 2.80. The van der Waals surface area contributed by atoms with Crippen LogP contribution in [-0.2, 0) is 0 Å². The molecule has 1 aromatic carbocycles. The summed E-state index contributed by atoms with van der Waals surface area (Å²) in [7, 11) is 0. The van der Waals surface area contributed by atoms with E-state index in [4.69, 9.17) is 11.6 Å². The van der Waals surface area contributed by atoms with Crippen molar-refractivity contribution in [3.05, 3.63) is 46.2 Å². The first-order valence-corrected chi connectivity index (χ1v) is 5.78. The first-order chi connectivity index (χ1) is 9.06. The van der Waals surface area contributed by atoms with Gasteiger partial charge in [0.05, 0.1) is 6.21 Å². The minimum atomic E-state index is -0.442. The van der Waals surface area contributed by atoms with Gasteiger partial charge in [-0.3, -0.25) is 9.89 Å². The number of nitrogens with one attached hydrogen (secondary N) is 2. The zero-order valence-corrected chi connectivity index (χ0v) is 10.8. The maximum absolute atomic E-state index is 11.6. The number of hydrogen-bond donors (Lipinski definition) is 3. The van der Waals surface area contributed by atoms with E-state index >= 15 is 0 Å². The molecule has 0 saturated heterocycles. The van der Waals surface area contributed by atoms with Gasteiger partial charge >= 0.3 is 0 Å². The number of aromatic hydroxyl groups is 1. The summed E-state index contributed by atoms with van der Waals surface area (Å²) in [5.41, 5.74) is 3.73. The number of nitrogens with zero attached hydrogens (tertiary/aromatic N) is 2. The van der Waals surface area contributed by atoms with E-state index in [9.17, 15) is 9.90 Å². The number of carbonyl (C=O) groups is 1. The van der Waals surface area contributed by atoms with Crippen LogP contribution in [0.25, 0.3) is 0 Å². The van der Waals surface area contributed by atoms with Crippen molar-refractivity contribution in [2.24, 2.45) is 5.10 Å². The van der Waals surface area contributed by atoms with Crippen LogP contribution >= 0.6 is 11.6 Å². The fourth-order valence-corrected chi connectivity index (χ4v) is 1.56. The predicted octanol–water partition coefficient (Wildman–Crippen LogP) is 1.84. The lowest BCUT2D eigenvalue weighted by molar-refractivity contribution is 0.0950. The molecule has 19 heavy (non-hydrogen) atoms. The number of hydrogen-bond acceptors (Lipinski definition) is 4. The normalized spacial score (nSPS) is 10.8. The van der Waals surface area contributed by atoms with Crippen LogP contribution in [-0.4, -0.2) is 27.4 Å². The van der Waals surface area contributed by atoms with Crippen LogP contribution in [0.15, 0.2) is 29.4 Å². The highest BCUT2D eigenvalue weighted by Crippen LogP contribution is 2.19. The van der Waals surface area contributed by atoms with Gasteiger partial charge in [-0.15, -0.1) is 0 Å². The van der Waals surface area contributed by atoms with Gasteiger partial charge in [0.1, 0.15) is 5.75 Å². The SMILES string of the molecule is Cc1cc(C(=O)N/N=C/c2cc(Cl)ccc2O)n[nH]1. The van der Waals surface area contributed by atoms with Gasteiger partial charge in [-0.1, -0.05) is 11.6 Å². The van der Waals surface area contributed by atoms with E-state index in [1.807, 2.05) is 0 Å². The molecule has 0 radical (unpaired) electrons. The Hall–Kier alpha value is -2.34. The number of benzene rings is 1. The molecule has 0 bridgehead atoms. The fraction of sp³-hybridized carbons (Fsp3) is 0.0833. The van der Waals surface area contributed by atoms with Gasteiger partial charge in [-0.25, -0.2) is 5.43 Å². The lowest BCUT2D eigenvalue weighted by Gasteiger charge is -1.99. The van der Waals surface area contributed by atoms with Gasteiger partial charge in [0.25, 0.3) is 5.91 Å². The van der Waals surface area contributed by atoms with E-state index in [1.165, 1.54) is 18.3 Å². The van der Waals surface area contributed by atoms with Crippen LogP contribution in [0.3, 0.4) is 0 Å². The third-order valence-electron chi connectivity index (χ3n) is 2.30. The van der Waals surface area contributed by atoms with Crippen molar-refractivity contribution in [3.8, 4) is 5.75 Å². The third-order valence-corrected chi connectivity index (χ3v) is 2.53. The Morgan fingerprint density at radius 2 is 2.32 bits per heavy atom. The summed E-state index contributed by atoms with van der Waals surface area (Å²) in [5.74, 6) is -0.417. The van der Waals surface area contributed by atoms with Gasteiger partial charge in [0.2, 0.25) is 0 Å². The molecule has 0 atom stereocenters. The lowest BCUT2D eigenvalue weighted by atomic mass is 10.2. The molecule has 1 amide bonds. The van der Waals surface area contributed by atoms with E-state index in [1.54, 1.807) is 19.1 Å². The number of phenolic OH excluding ortho intramolecular Hbond substituents is 1. The number of carbonyl (C=O) groups excluding carboxylic acids is 1. The Morgan fingerprint density at radius 3 is 3.00 bits per heavy atom. The van der Waals surface area contributed by atoms with Gasteiger partial charge in [0, 0.05) is 16.3 Å². The Labute approximate surface area is 114 Å². The van der Waals surface area contributed by atoms with Crippen molar-refractivity contribution in [1.82, 2.24) is 15.6 Å². The molecule has 7 heteroatoms. The Kier molecular flexibility index (Phi) is 3.82. The van der Waals surface area contributed by atoms with E-state index in [0.717, 1.165) is 5.69 Å². The molecule has 1 aromatic heterocycles. The quantitative estimate of drug-likeness (QED) is 0.591. The molecule has 0 aliphatic rings. The van der Waals surface area contributed by atoms with Crippen LogP contribution in [0.5, 0.6) is 5.75 Å². The van der Waals surface area contributed by atoms with E-state index < -0.39 is 5.91 Å². The highest BCUT2D eigenvalue weighted by molar-refractivity contribution is 6.30. The maximum Gasteiger partial charge on any atom is 0.291 e. The molecule has 0 aliphatic carbocycles. The maximum atomic E-state index is 11.6. The topological polar surface area (TPSA) is 90.4 Å². The van der Waals surface area contributed by atoms with Gasteiger partial charge in [-0.2, -0.15) is 10.2 Å². The van der Waals surface area contributed by atoms with Gasteiger partial charge in [0.15, 0.2) is 5.69 Å². The first-order valence-electron chi connectivity index (χ1n) is 5.40. The highest BCUT2D eigenvalue weighted by atomic mass is 35.5. The zero-order valence-electron chi connectivity index (χ0n) is 10.0. The predicted molar refractivity (Wildman–Crippen MR) is 71.5 cm³/mol. The van der Waals surface area contributed by atoms with Crippen molar-refractivity contribution < 1.29 is 9.90 Å². The van der Waals surface area contributed by atoms with Crippen molar-refractivity contribution in [2.45, 2.75) is 6.92 Å². The van der Waals surface area contributed by atoms with Crippen LogP contribution in [0, 0.1) is 6.92 Å². The summed E-state index contributed by atoms with van der Waals surface area (Å²) in [6, 6.07) is 6.13. The van der Waals surface area contributed by atoms with Gasteiger partial charge in [-0.05, 0) is 31.2 Å². The summed E-state index contributed by atoms with van der Waals surface area (Å²) in [4.78, 5) is 11.6. The molecule has 6 nitrogen and oxygen atoms in total. The molecule has 1 heterocycles. The molecule has 0 fully saturated rings. The molecule has 0 unspecified atom stereocenters. The molecule has 0 saturated carbocycles. The van der Waals surface area contributed by atoms with Crippen molar-refractivity contribution in [1.29, 1.82) is 0 Å². The summed E-state index contributed by atoms with van der Waals surface area (Å²) >= 11 is 5.78. The number of amides is 1. The molecule has 98 valence electrons. The van der Waals surface area contributed by atoms with E-state index in [2.05, 4.69) is 20.7 Å². The number of hydrazone groups is 1. The molecule has 2 rings (SSSR count). The van der Waals surface area contributed by atoms with Crippen molar-refractivity contribution in [3.63, 3.8) is 0 Å². The number of aromatic nitrogens is 2. The highest BCUT2D eigenvalue weighted by Gasteiger charge is 2.07. The van der Waals surface area contributed by atoms with E-state index in [-0.39, 0.29) is 11.4 Å². The molecule has 0 aliphatic heterocycles. The number of aryl methyl sites for hydroxylation is 1. The van der Waals surface area contributed by atoms with E-state index in [0.29, 0.717) is 10.6 Å². The van der Waals surface area contributed by atoms with Crippen LogP contribution < -0.4 is 5.43 Å². The monoisotopic (exact) mass is 278 g/mol. The summed E-state index contributed by atoms with van der Waals surface area (Å²) in [6.45, 7) is 1.79.